The number of aryl methyl sites for hydroxylation is 1. The van der Waals surface area contributed by atoms with Crippen LogP contribution >= 0.6 is 57.6 Å². The van der Waals surface area contributed by atoms with Crippen molar-refractivity contribution >= 4 is 149 Å². The molecule has 0 bridgehead atoms. The molecule has 694 valence electrons. The summed E-state index contributed by atoms with van der Waals surface area (Å²) in [6.07, 6.45) is 4.57. The van der Waals surface area contributed by atoms with Gasteiger partial charge in [-0.05, 0) is 133 Å². The lowest BCUT2D eigenvalue weighted by Gasteiger charge is -2.22. The number of anilines is 4. The molecule has 0 aliphatic rings. The Morgan fingerprint density at radius 2 is 0.705 bits per heavy atom. The third-order valence-electron chi connectivity index (χ3n) is 18.6. The lowest BCUT2D eigenvalue weighted by atomic mass is 10.1. The Bertz CT molecular complexity index is 5970. The average Bonchev–Trinajstić information content (AvgIpc) is 1.67. The number of aromatic nitrogens is 16. The van der Waals surface area contributed by atoms with Gasteiger partial charge in [0, 0.05) is 35.7 Å². The van der Waals surface area contributed by atoms with Gasteiger partial charge in [0.15, 0.2) is 44.7 Å². The number of nitrogens with two attached hydrogens (primary N) is 4. The number of ketones is 4. The van der Waals surface area contributed by atoms with E-state index in [9.17, 15) is 65.4 Å². The molecule has 16 N–H and O–H groups in total. The van der Waals surface area contributed by atoms with Crippen molar-refractivity contribution in [1.82, 2.24) is 98.4 Å². The number of benzene rings is 4. The summed E-state index contributed by atoms with van der Waals surface area (Å²) in [5.74, 6) is -1.76. The highest BCUT2D eigenvalue weighted by atomic mass is 79.9. The first kappa shape index (κ1) is 102. The van der Waals surface area contributed by atoms with Crippen LogP contribution in [0.15, 0.2) is 140 Å². The topological polar surface area (TPSA) is 617 Å². The number of imidazole rings is 4. The van der Waals surface area contributed by atoms with Crippen LogP contribution in [-0.2, 0) is 127 Å². The number of aromatic amines is 4. The van der Waals surface area contributed by atoms with E-state index in [0.717, 1.165) is 15.6 Å². The second-order valence-electron chi connectivity index (χ2n) is 29.0. The molecule has 0 saturated heterocycles. The van der Waals surface area contributed by atoms with E-state index in [4.69, 9.17) is 71.6 Å². The lowest BCUT2D eigenvalue weighted by molar-refractivity contribution is -0.119. The maximum absolute atomic E-state index is 13.8. The summed E-state index contributed by atoms with van der Waals surface area (Å²) in [7, 11) is -14.3. The molecule has 0 saturated carbocycles. The molecule has 0 radical (unpaired) electrons. The van der Waals surface area contributed by atoms with Crippen LogP contribution in [0, 0.1) is 18.6 Å². The molecule has 8 atom stereocenters. The molecular weight excluding hydrogens is 1860 g/mol. The Hall–Kier alpha value is -10.8. The number of ether oxygens (including phenoxy) is 4. The third kappa shape index (κ3) is 31.0. The highest BCUT2D eigenvalue weighted by molar-refractivity contribution is 9.10. The first-order chi connectivity index (χ1) is 61.1. The van der Waals surface area contributed by atoms with Gasteiger partial charge in [-0.25, -0.2) is 49.1 Å². The summed E-state index contributed by atoms with van der Waals surface area (Å²) in [5, 5.41) is 11.4. The molecule has 44 nitrogen and oxygen atoms in total. The van der Waals surface area contributed by atoms with E-state index in [1.54, 1.807) is 95.4 Å². The summed E-state index contributed by atoms with van der Waals surface area (Å²) in [5.41, 5.74) is 25.4. The summed E-state index contributed by atoms with van der Waals surface area (Å²) in [6.45, 7) is 14.8. The predicted octanol–water partition coefficient (Wildman–Crippen LogP) is 8.61. The van der Waals surface area contributed by atoms with E-state index in [-0.39, 0.29) is 167 Å². The molecule has 4 unspecified atom stereocenters. The minimum Gasteiger partial charge on any atom is -0.369 e. The maximum atomic E-state index is 13.8. The Kier molecular flexibility index (Phi) is 37.3. The highest BCUT2D eigenvalue weighted by Crippen LogP contribution is 2.47. The van der Waals surface area contributed by atoms with E-state index in [1.165, 1.54) is 77.3 Å². The molecule has 0 aliphatic heterocycles. The minimum absolute atomic E-state index is 0.0157. The number of nitrogen functional groups attached to an aromatic ring is 4. The van der Waals surface area contributed by atoms with E-state index in [0.29, 0.717) is 50.8 Å². The fourth-order valence-corrected chi connectivity index (χ4v) is 18.8. The zero-order valence-corrected chi connectivity index (χ0v) is 77.2. The number of hydrogen-bond donors (Lipinski definition) is 12. The van der Waals surface area contributed by atoms with Gasteiger partial charge in [-0.15, -0.1) is 0 Å². The molecule has 0 spiro atoms. The normalized spacial score (nSPS) is 14.3. The molecule has 12 rings (SSSR count). The number of carbonyl (C=O) groups is 4. The Morgan fingerprint density at radius 1 is 0.426 bits per heavy atom. The van der Waals surface area contributed by atoms with E-state index >= 15 is 0 Å². The standard InChI is InChI=1S/C20H26FN6O5P.C19H24BrN6O5P.C19H24ClN6O5P.C19H24FN6O5P/c1-12-4-5-15(8-16(12)21)9-32-33(30,26-13(2)14(3)28)11-31-7-6-27-10-23-17-18(27)24-20(22)25-19(17)29;3*1-12(13(2)27)25-32(29,31-9-14-4-3-5-15(20)8-14)11-30-7-6-26-10-22-16-17(26)23-19(21)24-18(16)28/h4-5,8,10,13H,6-7,9,11H2,1-3H3,(H,26,30)(H3,22,24,25,29);3*3-5,8,10,12H,6-7,9,11H2,1-2H3,(H,25,29)(H3,21,23,24,28)/t13-,33?;3*12-,32?/m1111/s1. The SMILES string of the molecule is CC(=O)[C@@H](C)NP(=O)(COCCn1cnc2c(=O)[nH]c(N)nc21)OCc1ccc(C)c(F)c1.CC(=O)[C@@H](C)NP(=O)(COCCn1cnc2c(=O)[nH]c(N)nc21)OCc1cccc(Br)c1.CC(=O)[C@@H](C)NP(=O)(COCCn1cnc2c(=O)[nH]c(N)nc21)OCc1cccc(Cl)c1.CC(=O)[C@@H](C)NP(=O)(COCCn1cnc2c(=O)[nH]c(N)nc21)OCc1cccc(F)c1. The molecule has 4 aromatic carbocycles. The number of H-pyrrole nitrogens is 4. The molecule has 0 aliphatic carbocycles. The van der Waals surface area contributed by atoms with Crippen LogP contribution in [0.25, 0.3) is 44.7 Å². The third-order valence-corrected chi connectivity index (χ3v) is 26.7. The fraction of sp³-hybridized carbons (Fsp3) is 0.377. The van der Waals surface area contributed by atoms with Crippen LogP contribution in [0.5, 0.6) is 0 Å². The van der Waals surface area contributed by atoms with Crippen molar-refractivity contribution in [1.29, 1.82) is 0 Å². The molecular formula is C77H98BrClF2N24O20P4. The van der Waals surface area contributed by atoms with Crippen LogP contribution in [0.3, 0.4) is 0 Å². The predicted molar refractivity (Wildman–Crippen MR) is 479 cm³/mol. The second-order valence-corrected chi connectivity index (χ2v) is 38.8. The Labute approximate surface area is 747 Å². The largest absolute Gasteiger partial charge is 0.369 e. The molecule has 8 aromatic heterocycles. The highest BCUT2D eigenvalue weighted by Gasteiger charge is 2.33. The van der Waals surface area contributed by atoms with Gasteiger partial charge >= 0.3 is 0 Å². The van der Waals surface area contributed by atoms with Gasteiger partial charge < -0.3 is 78.2 Å². The van der Waals surface area contributed by atoms with Crippen LogP contribution in [0.4, 0.5) is 32.6 Å². The number of halogens is 4. The summed E-state index contributed by atoms with van der Waals surface area (Å²) in [6, 6.07) is 21.9. The van der Waals surface area contributed by atoms with E-state index < -0.39 is 88.1 Å². The number of nitrogens with one attached hydrogen (secondary N) is 8. The van der Waals surface area contributed by atoms with Gasteiger partial charge in [0.2, 0.25) is 23.8 Å². The molecule has 12 aromatic rings. The zero-order valence-electron chi connectivity index (χ0n) is 71.2. The molecule has 0 amide bonds. The number of carbonyl (C=O) groups excluding carboxylic acids is 4. The maximum Gasteiger partial charge on any atom is 0.295 e. The van der Waals surface area contributed by atoms with Crippen molar-refractivity contribution in [2.45, 2.75) is 139 Å². The summed E-state index contributed by atoms with van der Waals surface area (Å²) >= 11 is 9.37. The molecule has 8 heterocycles. The van der Waals surface area contributed by atoms with Gasteiger partial charge in [-0.2, -0.15) is 19.9 Å². The van der Waals surface area contributed by atoms with Crippen LogP contribution in [0.1, 0.15) is 83.2 Å². The second kappa shape index (κ2) is 47.2. The first-order valence-electron chi connectivity index (χ1n) is 39.3. The Balaban J connectivity index is 0.000000194. The summed E-state index contributed by atoms with van der Waals surface area (Å²) < 4.78 is 132. The van der Waals surface area contributed by atoms with E-state index in [2.05, 4.69) is 96.1 Å². The zero-order chi connectivity index (χ0) is 94.1. The van der Waals surface area contributed by atoms with Gasteiger partial charge in [-0.1, -0.05) is 76.1 Å². The quantitative estimate of drug-likeness (QED) is 0.0125. The smallest absolute Gasteiger partial charge is 0.295 e. The van der Waals surface area contributed by atoms with E-state index in [1.807, 2.05) is 24.3 Å². The number of nitrogens with zero attached hydrogens (tertiary/aromatic N) is 12. The van der Waals surface area contributed by atoms with Crippen LogP contribution < -0.4 is 65.5 Å². The fourth-order valence-electron chi connectivity index (χ4n) is 11.2. The number of hydrogen-bond acceptors (Lipinski definition) is 32. The molecule has 52 heteroatoms. The monoisotopic (exact) mass is 1950 g/mol. The van der Waals surface area contributed by atoms with Crippen LogP contribution in [-0.4, -0.2) is 177 Å². The van der Waals surface area contributed by atoms with Gasteiger partial charge in [0.1, 0.15) is 60.2 Å². The van der Waals surface area contributed by atoms with Gasteiger partial charge in [-0.3, -0.25) is 76.6 Å². The van der Waals surface area contributed by atoms with Crippen molar-refractivity contribution < 1.29 is 83.3 Å². The van der Waals surface area contributed by atoms with Crippen molar-refractivity contribution in [3.8, 4) is 0 Å². The molecule has 129 heavy (non-hydrogen) atoms. The average molecular weight is 1960 g/mol. The van der Waals surface area contributed by atoms with Crippen molar-refractivity contribution in [3.05, 3.63) is 207 Å². The van der Waals surface area contributed by atoms with Gasteiger partial charge in [0.25, 0.3) is 52.3 Å². The summed E-state index contributed by atoms with van der Waals surface area (Å²) in [4.78, 5) is 136. The number of fused-ring (bicyclic) bond motifs is 4. The van der Waals surface area contributed by atoms with Crippen molar-refractivity contribution in [3.63, 3.8) is 0 Å². The van der Waals surface area contributed by atoms with Crippen molar-refractivity contribution in [2.75, 3.05) is 74.8 Å². The lowest BCUT2D eigenvalue weighted by Crippen LogP contribution is -2.32. The van der Waals surface area contributed by atoms with Crippen molar-refractivity contribution in [2.24, 2.45) is 0 Å². The number of Topliss-reactive ketones (excluding diaryl/α,β-unsaturated/α-hetero) is 4. The van der Waals surface area contributed by atoms with Crippen LogP contribution in [0.2, 0.25) is 5.02 Å². The molecule has 0 fully saturated rings. The van der Waals surface area contributed by atoms with Gasteiger partial charge in [0.05, 0.1) is 102 Å². The minimum atomic E-state index is -3.62. The number of rotatable bonds is 44. The Morgan fingerprint density at radius 3 is 0.984 bits per heavy atom. The first-order valence-corrected chi connectivity index (χ1v) is 47.7.